The Morgan fingerprint density at radius 1 is 1.12 bits per heavy atom. The number of para-hydroxylation sites is 3. The maximum absolute atomic E-state index is 6.53. The van der Waals surface area contributed by atoms with Crippen molar-refractivity contribution in [3.63, 3.8) is 0 Å². The molecule has 0 bridgehead atoms. The Hall–Kier alpha value is -3.19. The van der Waals surface area contributed by atoms with Crippen LogP contribution in [0.2, 0.25) is 0 Å². The molecule has 7 nitrogen and oxygen atoms in total. The van der Waals surface area contributed by atoms with Crippen LogP contribution in [0.5, 0.6) is 5.75 Å². The van der Waals surface area contributed by atoms with Gasteiger partial charge < -0.3 is 19.6 Å². The molecular weight excluding hydrogens is 330 g/mol. The minimum Gasteiger partial charge on any atom is -0.491 e. The first kappa shape index (κ1) is 15.1. The van der Waals surface area contributed by atoms with E-state index in [2.05, 4.69) is 15.1 Å². The number of fused-ring (bicyclic) bond motifs is 2. The quantitative estimate of drug-likeness (QED) is 0.611. The molecule has 1 unspecified atom stereocenters. The molecule has 0 amide bonds. The number of imidazole rings is 1. The smallest absolute Gasteiger partial charge is 0.250 e. The lowest BCUT2D eigenvalue weighted by molar-refractivity contribution is 0.154. The third-order valence-corrected chi connectivity index (χ3v) is 4.70. The summed E-state index contributed by atoms with van der Waals surface area (Å²) in [6, 6.07) is 15.8. The molecule has 5 rings (SSSR count). The van der Waals surface area contributed by atoms with Crippen molar-refractivity contribution in [2.45, 2.75) is 18.5 Å². The first-order chi connectivity index (χ1) is 12.7. The van der Waals surface area contributed by atoms with E-state index in [1.165, 1.54) is 0 Å². The van der Waals surface area contributed by atoms with Crippen molar-refractivity contribution in [2.24, 2.45) is 5.73 Å². The van der Waals surface area contributed by atoms with Crippen molar-refractivity contribution < 1.29 is 9.26 Å². The molecule has 2 N–H and O–H groups in total. The van der Waals surface area contributed by atoms with Crippen LogP contribution in [0.1, 0.15) is 17.3 Å². The standard InChI is InChI=1S/C19H17N5O2/c20-19(9-13-5-1-4-8-16(13)25-11-19)18-22-17(23-26-18)10-24-12-21-14-6-2-3-7-15(14)24/h1-8,12H,9-11,20H2. The number of aromatic nitrogens is 4. The van der Waals surface area contributed by atoms with Crippen molar-refractivity contribution in [3.8, 4) is 5.75 Å². The Bertz CT molecular complexity index is 1090. The van der Waals surface area contributed by atoms with Crippen LogP contribution in [-0.4, -0.2) is 26.3 Å². The lowest BCUT2D eigenvalue weighted by Crippen LogP contribution is -2.47. The van der Waals surface area contributed by atoms with E-state index in [9.17, 15) is 0 Å². The summed E-state index contributed by atoms with van der Waals surface area (Å²) in [7, 11) is 0. The zero-order valence-electron chi connectivity index (χ0n) is 14.0. The Balaban J connectivity index is 1.42. The third-order valence-electron chi connectivity index (χ3n) is 4.70. The summed E-state index contributed by atoms with van der Waals surface area (Å²) in [5.41, 5.74) is 8.71. The Morgan fingerprint density at radius 3 is 2.92 bits per heavy atom. The summed E-state index contributed by atoms with van der Waals surface area (Å²) in [6.07, 6.45) is 2.37. The number of hydrogen-bond acceptors (Lipinski definition) is 6. The Morgan fingerprint density at radius 2 is 1.96 bits per heavy atom. The summed E-state index contributed by atoms with van der Waals surface area (Å²) >= 11 is 0. The second-order valence-electron chi connectivity index (χ2n) is 6.61. The van der Waals surface area contributed by atoms with E-state index in [1.54, 1.807) is 6.33 Å². The highest BCUT2D eigenvalue weighted by atomic mass is 16.5. The van der Waals surface area contributed by atoms with Crippen LogP contribution in [0.15, 0.2) is 59.4 Å². The van der Waals surface area contributed by atoms with Crippen molar-refractivity contribution in [1.29, 1.82) is 0 Å². The predicted molar refractivity (Wildman–Crippen MR) is 94.6 cm³/mol. The molecule has 130 valence electrons. The van der Waals surface area contributed by atoms with Crippen molar-refractivity contribution in [3.05, 3.63) is 72.1 Å². The van der Waals surface area contributed by atoms with Crippen LogP contribution >= 0.6 is 0 Å². The maximum Gasteiger partial charge on any atom is 0.250 e. The fourth-order valence-electron chi connectivity index (χ4n) is 3.33. The molecule has 0 saturated heterocycles. The molecular formula is C19H17N5O2. The van der Waals surface area contributed by atoms with Gasteiger partial charge in [0.2, 0.25) is 0 Å². The monoisotopic (exact) mass is 347 g/mol. The van der Waals surface area contributed by atoms with E-state index < -0.39 is 5.54 Å². The fraction of sp³-hybridized carbons (Fsp3) is 0.211. The second kappa shape index (κ2) is 5.67. The van der Waals surface area contributed by atoms with Gasteiger partial charge >= 0.3 is 0 Å². The number of benzene rings is 2. The molecule has 0 fully saturated rings. The van der Waals surface area contributed by atoms with Crippen LogP contribution in [0.25, 0.3) is 11.0 Å². The number of nitrogens with two attached hydrogens (primary N) is 1. The van der Waals surface area contributed by atoms with Gasteiger partial charge in [-0.3, -0.25) is 0 Å². The number of ether oxygens (including phenoxy) is 1. The normalized spacial score (nSPS) is 19.3. The summed E-state index contributed by atoms with van der Waals surface area (Å²) in [5.74, 6) is 1.82. The molecule has 0 saturated carbocycles. The number of rotatable bonds is 3. The van der Waals surface area contributed by atoms with E-state index in [0.717, 1.165) is 22.3 Å². The minimum absolute atomic E-state index is 0.305. The molecule has 0 spiro atoms. The van der Waals surface area contributed by atoms with Crippen LogP contribution in [0, 0.1) is 0 Å². The highest BCUT2D eigenvalue weighted by Gasteiger charge is 2.39. The SMILES string of the molecule is NC1(c2nc(Cn3cnc4ccccc43)no2)COc2ccccc2C1. The third kappa shape index (κ3) is 2.44. The van der Waals surface area contributed by atoms with E-state index in [4.69, 9.17) is 15.0 Å². The van der Waals surface area contributed by atoms with Crippen molar-refractivity contribution in [1.82, 2.24) is 19.7 Å². The average molecular weight is 347 g/mol. The Labute approximate surface area is 149 Å². The molecule has 1 aliphatic rings. The molecule has 0 aliphatic carbocycles. The zero-order chi connectivity index (χ0) is 17.6. The van der Waals surface area contributed by atoms with Gasteiger partial charge in [-0.2, -0.15) is 4.98 Å². The molecule has 0 radical (unpaired) electrons. The first-order valence-electron chi connectivity index (χ1n) is 8.44. The topological polar surface area (TPSA) is 92.0 Å². The lowest BCUT2D eigenvalue weighted by Gasteiger charge is -2.31. The highest BCUT2D eigenvalue weighted by Crippen LogP contribution is 2.33. The van der Waals surface area contributed by atoms with Gasteiger partial charge in [0, 0.05) is 6.42 Å². The number of nitrogens with zero attached hydrogens (tertiary/aromatic N) is 4. The molecule has 1 atom stereocenters. The summed E-state index contributed by atoms with van der Waals surface area (Å²) < 4.78 is 13.3. The van der Waals surface area contributed by atoms with E-state index >= 15 is 0 Å². The minimum atomic E-state index is -0.823. The van der Waals surface area contributed by atoms with Gasteiger partial charge in [-0.05, 0) is 23.8 Å². The van der Waals surface area contributed by atoms with Crippen LogP contribution in [-0.2, 0) is 18.5 Å². The Kier molecular flexibility index (Phi) is 3.29. The molecule has 7 heteroatoms. The van der Waals surface area contributed by atoms with Gasteiger partial charge in [0.25, 0.3) is 5.89 Å². The molecule has 26 heavy (non-hydrogen) atoms. The van der Waals surface area contributed by atoms with Gasteiger partial charge in [-0.25, -0.2) is 4.98 Å². The highest BCUT2D eigenvalue weighted by molar-refractivity contribution is 5.74. The van der Waals surface area contributed by atoms with Gasteiger partial charge in [-0.15, -0.1) is 0 Å². The van der Waals surface area contributed by atoms with Crippen LogP contribution in [0.4, 0.5) is 0 Å². The summed E-state index contributed by atoms with van der Waals surface area (Å²) in [4.78, 5) is 8.91. The molecule has 4 aromatic rings. The van der Waals surface area contributed by atoms with Gasteiger partial charge in [0.15, 0.2) is 5.82 Å². The molecule has 2 aromatic heterocycles. The van der Waals surface area contributed by atoms with Gasteiger partial charge in [0.1, 0.15) is 17.9 Å². The van der Waals surface area contributed by atoms with E-state index in [-0.39, 0.29) is 0 Å². The lowest BCUT2D eigenvalue weighted by atomic mass is 9.90. The second-order valence-corrected chi connectivity index (χ2v) is 6.61. The van der Waals surface area contributed by atoms with E-state index in [0.29, 0.717) is 31.3 Å². The maximum atomic E-state index is 6.53. The number of hydrogen-bond donors (Lipinski definition) is 1. The largest absolute Gasteiger partial charge is 0.491 e. The molecule has 1 aliphatic heterocycles. The summed E-state index contributed by atoms with van der Waals surface area (Å²) in [6.45, 7) is 0.775. The predicted octanol–water partition coefficient (Wildman–Crippen LogP) is 2.26. The van der Waals surface area contributed by atoms with Crippen molar-refractivity contribution >= 4 is 11.0 Å². The van der Waals surface area contributed by atoms with Crippen molar-refractivity contribution in [2.75, 3.05) is 6.61 Å². The van der Waals surface area contributed by atoms with Gasteiger partial charge in [0.05, 0.1) is 23.9 Å². The average Bonchev–Trinajstić information content (AvgIpc) is 3.30. The molecule has 3 heterocycles. The van der Waals surface area contributed by atoms with Crippen LogP contribution < -0.4 is 10.5 Å². The summed E-state index contributed by atoms with van der Waals surface area (Å²) in [5, 5.41) is 4.10. The zero-order valence-corrected chi connectivity index (χ0v) is 14.0. The molecule has 2 aromatic carbocycles. The first-order valence-corrected chi connectivity index (χ1v) is 8.44. The van der Waals surface area contributed by atoms with E-state index in [1.807, 2.05) is 53.1 Å². The van der Waals surface area contributed by atoms with Gasteiger partial charge in [-0.1, -0.05) is 35.5 Å². The fourth-order valence-corrected chi connectivity index (χ4v) is 3.33. The van der Waals surface area contributed by atoms with Crippen LogP contribution in [0.3, 0.4) is 0 Å².